The van der Waals surface area contributed by atoms with Crippen LogP contribution in [0.15, 0.2) is 72.9 Å². The molecule has 0 radical (unpaired) electrons. The van der Waals surface area contributed by atoms with Gasteiger partial charge in [0.1, 0.15) is 0 Å². The zero-order valence-corrected chi connectivity index (χ0v) is 15.9. The number of aryl methyl sites for hydroxylation is 1. The Morgan fingerprint density at radius 3 is 2.57 bits per heavy atom. The minimum atomic E-state index is -4.51. The van der Waals surface area contributed by atoms with Crippen LogP contribution in [0.1, 0.15) is 21.5 Å². The maximum absolute atomic E-state index is 12.9. The van der Waals surface area contributed by atoms with E-state index in [1.807, 2.05) is 31.2 Å². The number of amides is 1. The largest absolute Gasteiger partial charge is 0.416 e. The molecule has 7 heteroatoms. The van der Waals surface area contributed by atoms with Gasteiger partial charge in [0, 0.05) is 28.4 Å². The summed E-state index contributed by atoms with van der Waals surface area (Å²) in [5.74, 6) is -0.128. The number of nitrogens with zero attached hydrogens (tertiary/aromatic N) is 2. The number of benzene rings is 3. The van der Waals surface area contributed by atoms with E-state index in [2.05, 4.69) is 15.3 Å². The predicted molar refractivity (Wildman–Crippen MR) is 109 cm³/mol. The van der Waals surface area contributed by atoms with Crippen LogP contribution in [0.25, 0.3) is 22.3 Å². The Bertz CT molecular complexity index is 1250. The Balaban J connectivity index is 1.64. The topological polar surface area (TPSA) is 54.9 Å². The summed E-state index contributed by atoms with van der Waals surface area (Å²) in [4.78, 5) is 21.5. The van der Waals surface area contributed by atoms with E-state index in [1.165, 1.54) is 12.1 Å². The number of aromatic nitrogens is 2. The Kier molecular flexibility index (Phi) is 4.95. The molecule has 0 saturated carbocycles. The van der Waals surface area contributed by atoms with Gasteiger partial charge in [0.25, 0.3) is 5.91 Å². The van der Waals surface area contributed by atoms with Crippen molar-refractivity contribution in [3.8, 4) is 11.4 Å². The fraction of sp³-hybridized carbons (Fsp3) is 0.0870. The molecule has 0 bridgehead atoms. The number of rotatable bonds is 3. The van der Waals surface area contributed by atoms with Crippen LogP contribution in [0.2, 0.25) is 0 Å². The fourth-order valence-electron chi connectivity index (χ4n) is 3.08. The number of nitrogens with one attached hydrogen (secondary N) is 1. The smallest absolute Gasteiger partial charge is 0.322 e. The molecule has 0 unspecified atom stereocenters. The Hall–Kier alpha value is -3.74. The number of carbonyl (C=O) groups is 1. The molecule has 30 heavy (non-hydrogen) atoms. The molecular formula is C23H16F3N3O. The van der Waals surface area contributed by atoms with Gasteiger partial charge in [-0.3, -0.25) is 4.79 Å². The Labute approximate surface area is 170 Å². The number of fused-ring (bicyclic) bond motifs is 1. The van der Waals surface area contributed by atoms with Gasteiger partial charge >= 0.3 is 6.18 Å². The van der Waals surface area contributed by atoms with Gasteiger partial charge in [-0.1, -0.05) is 30.3 Å². The lowest BCUT2D eigenvalue weighted by atomic mass is 10.1. The maximum Gasteiger partial charge on any atom is 0.416 e. The van der Waals surface area contributed by atoms with Crippen LogP contribution in [0.5, 0.6) is 0 Å². The zero-order valence-electron chi connectivity index (χ0n) is 15.9. The van der Waals surface area contributed by atoms with Gasteiger partial charge in [-0.15, -0.1) is 0 Å². The second kappa shape index (κ2) is 7.59. The lowest BCUT2D eigenvalue weighted by molar-refractivity contribution is -0.137. The molecule has 1 aromatic heterocycles. The summed E-state index contributed by atoms with van der Waals surface area (Å²) in [7, 11) is 0. The highest BCUT2D eigenvalue weighted by Crippen LogP contribution is 2.30. The third-order valence-corrected chi connectivity index (χ3v) is 4.68. The lowest BCUT2D eigenvalue weighted by Crippen LogP contribution is -2.14. The fourth-order valence-corrected chi connectivity index (χ4v) is 3.08. The van der Waals surface area contributed by atoms with Crippen molar-refractivity contribution in [1.29, 1.82) is 0 Å². The Morgan fingerprint density at radius 2 is 1.77 bits per heavy atom. The van der Waals surface area contributed by atoms with Crippen molar-refractivity contribution >= 4 is 22.5 Å². The van der Waals surface area contributed by atoms with Crippen LogP contribution in [0, 0.1) is 6.92 Å². The van der Waals surface area contributed by atoms with E-state index in [4.69, 9.17) is 0 Å². The highest BCUT2D eigenvalue weighted by atomic mass is 19.4. The standard InChI is InChI=1S/C23H16F3N3O/c1-14-9-10-18(28-22(30)15-6-4-7-17(11-15)23(24,25)26)12-19(14)21-27-13-16-5-2-3-8-20(16)29-21/h2-13H,1H3,(H,28,30). The first-order valence-corrected chi connectivity index (χ1v) is 9.13. The van der Waals surface area contributed by atoms with Crippen LogP contribution in [0.4, 0.5) is 18.9 Å². The molecule has 0 spiro atoms. The second-order valence-corrected chi connectivity index (χ2v) is 6.81. The summed E-state index contributed by atoms with van der Waals surface area (Å²) in [6.45, 7) is 1.90. The van der Waals surface area contributed by atoms with Crippen molar-refractivity contribution in [3.63, 3.8) is 0 Å². The van der Waals surface area contributed by atoms with Crippen LogP contribution in [-0.4, -0.2) is 15.9 Å². The second-order valence-electron chi connectivity index (χ2n) is 6.81. The van der Waals surface area contributed by atoms with Crippen molar-refractivity contribution < 1.29 is 18.0 Å². The molecule has 1 N–H and O–H groups in total. The van der Waals surface area contributed by atoms with E-state index in [-0.39, 0.29) is 5.56 Å². The van der Waals surface area contributed by atoms with E-state index in [9.17, 15) is 18.0 Å². The Morgan fingerprint density at radius 1 is 0.967 bits per heavy atom. The zero-order chi connectivity index (χ0) is 21.3. The molecule has 150 valence electrons. The molecule has 0 fully saturated rings. The molecule has 0 aliphatic heterocycles. The van der Waals surface area contributed by atoms with E-state index < -0.39 is 17.6 Å². The number of halogens is 3. The van der Waals surface area contributed by atoms with E-state index in [0.29, 0.717) is 11.5 Å². The molecule has 0 aliphatic carbocycles. The van der Waals surface area contributed by atoms with Crippen LogP contribution in [0.3, 0.4) is 0 Å². The van der Waals surface area contributed by atoms with E-state index in [0.717, 1.165) is 34.2 Å². The lowest BCUT2D eigenvalue weighted by Gasteiger charge is -2.11. The summed E-state index contributed by atoms with van der Waals surface area (Å²) < 4.78 is 38.7. The number of para-hydroxylation sites is 1. The molecule has 3 aromatic carbocycles. The van der Waals surface area contributed by atoms with E-state index in [1.54, 1.807) is 24.4 Å². The minimum Gasteiger partial charge on any atom is -0.322 e. The number of hydrogen-bond acceptors (Lipinski definition) is 3. The predicted octanol–water partition coefficient (Wildman–Crippen LogP) is 5.88. The van der Waals surface area contributed by atoms with Gasteiger partial charge in [-0.05, 0) is 48.9 Å². The average Bonchev–Trinajstić information content (AvgIpc) is 2.74. The van der Waals surface area contributed by atoms with Crippen LogP contribution in [-0.2, 0) is 6.18 Å². The highest BCUT2D eigenvalue weighted by molar-refractivity contribution is 6.04. The highest BCUT2D eigenvalue weighted by Gasteiger charge is 2.30. The van der Waals surface area contributed by atoms with E-state index >= 15 is 0 Å². The van der Waals surface area contributed by atoms with Crippen molar-refractivity contribution in [2.24, 2.45) is 0 Å². The van der Waals surface area contributed by atoms with Gasteiger partial charge in [-0.2, -0.15) is 13.2 Å². The molecule has 4 nitrogen and oxygen atoms in total. The number of carbonyl (C=O) groups excluding carboxylic acids is 1. The maximum atomic E-state index is 12.9. The summed E-state index contributed by atoms with van der Waals surface area (Å²) in [6, 6.07) is 17.1. The van der Waals surface area contributed by atoms with Gasteiger partial charge in [0.2, 0.25) is 0 Å². The molecule has 0 saturated heterocycles. The molecule has 4 aromatic rings. The summed E-state index contributed by atoms with van der Waals surface area (Å²) in [6.07, 6.45) is -2.79. The first-order chi connectivity index (χ1) is 14.3. The van der Waals surface area contributed by atoms with Gasteiger partial charge in [-0.25, -0.2) is 9.97 Å². The van der Waals surface area contributed by atoms with Crippen LogP contribution >= 0.6 is 0 Å². The van der Waals surface area contributed by atoms with Crippen molar-refractivity contribution in [2.75, 3.05) is 5.32 Å². The van der Waals surface area contributed by atoms with Gasteiger partial charge in [0.05, 0.1) is 11.1 Å². The SMILES string of the molecule is Cc1ccc(NC(=O)c2cccc(C(F)(F)F)c2)cc1-c1ncc2ccccc2n1. The number of anilines is 1. The van der Waals surface area contributed by atoms with Crippen molar-refractivity contribution in [1.82, 2.24) is 9.97 Å². The molecule has 1 amide bonds. The number of alkyl halides is 3. The molecule has 1 heterocycles. The monoisotopic (exact) mass is 407 g/mol. The minimum absolute atomic E-state index is 0.0751. The first-order valence-electron chi connectivity index (χ1n) is 9.13. The van der Waals surface area contributed by atoms with Crippen molar-refractivity contribution in [2.45, 2.75) is 13.1 Å². The van der Waals surface area contributed by atoms with Crippen LogP contribution < -0.4 is 5.32 Å². The third-order valence-electron chi connectivity index (χ3n) is 4.68. The molecule has 4 rings (SSSR count). The molecule has 0 atom stereocenters. The molecule has 0 aliphatic rings. The normalized spacial score (nSPS) is 11.5. The third kappa shape index (κ3) is 4.00. The summed E-state index contributed by atoms with van der Waals surface area (Å²) in [5.41, 5.74) is 1.92. The average molecular weight is 407 g/mol. The number of hydrogen-bond donors (Lipinski definition) is 1. The van der Waals surface area contributed by atoms with Gasteiger partial charge in [0.15, 0.2) is 5.82 Å². The molecular weight excluding hydrogens is 391 g/mol. The van der Waals surface area contributed by atoms with Gasteiger partial charge < -0.3 is 5.32 Å². The summed E-state index contributed by atoms with van der Waals surface area (Å²) in [5, 5.41) is 3.56. The van der Waals surface area contributed by atoms with Crippen molar-refractivity contribution in [3.05, 3.63) is 89.6 Å². The summed E-state index contributed by atoms with van der Waals surface area (Å²) >= 11 is 0. The first kappa shape index (κ1) is 19.6. The quantitative estimate of drug-likeness (QED) is 0.462.